The third-order valence-corrected chi connectivity index (χ3v) is 5.79. The van der Waals surface area contributed by atoms with Crippen LogP contribution >= 0.6 is 0 Å². The van der Waals surface area contributed by atoms with E-state index in [-0.39, 0.29) is 42.6 Å². The first-order valence-electron chi connectivity index (χ1n) is 10.3. The Morgan fingerprint density at radius 1 is 1.19 bits per heavy atom. The first-order chi connectivity index (χ1) is 14.9. The van der Waals surface area contributed by atoms with Gasteiger partial charge in [-0.25, -0.2) is 4.79 Å². The molecule has 2 aromatic carbocycles. The highest BCUT2D eigenvalue weighted by molar-refractivity contribution is 5.97. The average molecular weight is 554 g/mol. The lowest BCUT2D eigenvalue weighted by Gasteiger charge is -2.42. The highest BCUT2D eigenvalue weighted by Gasteiger charge is 2.45. The average Bonchev–Trinajstić information content (AvgIpc) is 3.20. The number of hydrogen-bond donors (Lipinski definition) is 1. The highest BCUT2D eigenvalue weighted by atomic mass is 127. The zero-order valence-corrected chi connectivity index (χ0v) is 20.7. The number of nitrogens with one attached hydrogen (secondary N) is 1. The number of methoxy groups -OCH3 is 1. The standard InChI is InChI=1S/C23H26N2O6.HI/c1-5-29-23(27)14-6-8-16(9-7-14)24-22(26)19-18-15(10-11-25(19,2)3)12-17-20(21(18)28-4)31-13-30-17;/h6-9,12,19H,5,10-11,13H2,1-4H3;1H. The topological polar surface area (TPSA) is 83.1 Å². The van der Waals surface area contributed by atoms with E-state index in [4.69, 9.17) is 18.9 Å². The van der Waals surface area contributed by atoms with Crippen molar-refractivity contribution in [2.75, 3.05) is 46.5 Å². The van der Waals surface area contributed by atoms with Crippen LogP contribution in [-0.4, -0.2) is 57.5 Å². The molecule has 172 valence electrons. The number of esters is 1. The number of hydrogen-bond acceptors (Lipinski definition) is 6. The summed E-state index contributed by atoms with van der Waals surface area (Å²) in [7, 11) is 5.64. The van der Waals surface area contributed by atoms with E-state index >= 15 is 0 Å². The molecule has 4 rings (SSSR count). The maximum atomic E-state index is 13.5. The van der Waals surface area contributed by atoms with Gasteiger partial charge in [-0.2, -0.15) is 0 Å². The van der Waals surface area contributed by atoms with E-state index in [9.17, 15) is 9.59 Å². The molecule has 0 saturated heterocycles. The normalized spacial score (nSPS) is 17.6. The maximum absolute atomic E-state index is 13.5. The van der Waals surface area contributed by atoms with E-state index in [1.54, 1.807) is 38.3 Å². The van der Waals surface area contributed by atoms with Crippen molar-refractivity contribution in [3.63, 3.8) is 0 Å². The van der Waals surface area contributed by atoms with Crippen molar-refractivity contribution in [3.8, 4) is 17.2 Å². The van der Waals surface area contributed by atoms with Crippen molar-refractivity contribution in [1.29, 1.82) is 0 Å². The second-order valence-electron chi connectivity index (χ2n) is 8.16. The summed E-state index contributed by atoms with van der Waals surface area (Å²) in [6.07, 6.45) is 0.799. The summed E-state index contributed by atoms with van der Waals surface area (Å²) in [5.41, 5.74) is 2.89. The number of anilines is 1. The lowest BCUT2D eigenvalue weighted by Crippen LogP contribution is -3.00. The minimum Gasteiger partial charge on any atom is -1.00 e. The van der Waals surface area contributed by atoms with Crippen molar-refractivity contribution in [2.45, 2.75) is 19.4 Å². The summed E-state index contributed by atoms with van der Waals surface area (Å²) in [5, 5.41) is 2.99. The molecule has 0 radical (unpaired) electrons. The fraction of sp³-hybridized carbons (Fsp3) is 0.391. The number of benzene rings is 2. The number of carbonyl (C=O) groups is 2. The van der Waals surface area contributed by atoms with Gasteiger partial charge >= 0.3 is 5.97 Å². The van der Waals surface area contributed by atoms with Gasteiger partial charge in [0, 0.05) is 12.1 Å². The number of carbonyl (C=O) groups excluding carboxylic acids is 2. The van der Waals surface area contributed by atoms with Gasteiger partial charge in [-0.05, 0) is 42.8 Å². The molecule has 2 aromatic rings. The predicted molar refractivity (Wildman–Crippen MR) is 114 cm³/mol. The largest absolute Gasteiger partial charge is 1.00 e. The molecular weight excluding hydrogens is 527 g/mol. The predicted octanol–water partition coefficient (Wildman–Crippen LogP) is -0.0831. The summed E-state index contributed by atoms with van der Waals surface area (Å²) < 4.78 is 22.4. The Balaban J connectivity index is 0.00000289. The summed E-state index contributed by atoms with van der Waals surface area (Å²) in [4.78, 5) is 25.4. The Morgan fingerprint density at radius 3 is 2.56 bits per heavy atom. The number of nitrogens with zero attached hydrogens (tertiary/aromatic N) is 1. The van der Waals surface area contributed by atoms with Crippen LogP contribution in [-0.2, 0) is 16.0 Å². The number of amides is 1. The minimum atomic E-state index is -0.502. The lowest BCUT2D eigenvalue weighted by atomic mass is 9.88. The van der Waals surface area contributed by atoms with Crippen LogP contribution in [0, 0.1) is 0 Å². The van der Waals surface area contributed by atoms with Crippen LogP contribution in [0.4, 0.5) is 5.69 Å². The van der Waals surface area contributed by atoms with Crippen LogP contribution in [0.15, 0.2) is 30.3 Å². The Kier molecular flexibility index (Phi) is 7.19. The lowest BCUT2D eigenvalue weighted by molar-refractivity contribution is -0.913. The third kappa shape index (κ3) is 4.36. The van der Waals surface area contributed by atoms with E-state index in [1.807, 2.05) is 20.2 Å². The van der Waals surface area contributed by atoms with Crippen LogP contribution in [0.1, 0.15) is 34.5 Å². The molecule has 9 heteroatoms. The Labute approximate surface area is 204 Å². The third-order valence-electron chi connectivity index (χ3n) is 5.79. The molecule has 0 fully saturated rings. The van der Waals surface area contributed by atoms with E-state index in [0.29, 0.717) is 39.6 Å². The zero-order valence-electron chi connectivity index (χ0n) is 18.6. The van der Waals surface area contributed by atoms with Crippen molar-refractivity contribution in [1.82, 2.24) is 0 Å². The number of halogens is 1. The maximum Gasteiger partial charge on any atom is 0.338 e. The molecule has 1 unspecified atom stereocenters. The van der Waals surface area contributed by atoms with Gasteiger partial charge in [-0.15, -0.1) is 0 Å². The Hall–Kier alpha value is -2.53. The SMILES string of the molecule is CCOC(=O)c1ccc(NC(=O)C2c3c(cc4c(c3OC)OCO4)CC[N+]2(C)C)cc1.[I-]. The first kappa shape index (κ1) is 24.1. The van der Waals surface area contributed by atoms with Gasteiger partial charge in [0.25, 0.3) is 5.91 Å². The van der Waals surface area contributed by atoms with Crippen LogP contribution in [0.3, 0.4) is 0 Å². The van der Waals surface area contributed by atoms with E-state index < -0.39 is 6.04 Å². The van der Waals surface area contributed by atoms with Gasteiger partial charge in [0.1, 0.15) is 0 Å². The van der Waals surface area contributed by atoms with Gasteiger partial charge < -0.3 is 52.7 Å². The fourth-order valence-corrected chi connectivity index (χ4v) is 4.24. The van der Waals surface area contributed by atoms with E-state index in [1.165, 1.54) is 0 Å². The molecule has 1 atom stereocenters. The molecule has 32 heavy (non-hydrogen) atoms. The molecule has 0 spiro atoms. The van der Waals surface area contributed by atoms with Gasteiger partial charge in [0.15, 0.2) is 17.5 Å². The van der Waals surface area contributed by atoms with Crippen molar-refractivity contribution in [2.24, 2.45) is 0 Å². The molecule has 0 aromatic heterocycles. The quantitative estimate of drug-likeness (QED) is 0.317. The summed E-state index contributed by atoms with van der Waals surface area (Å²) in [6, 6.07) is 8.13. The van der Waals surface area contributed by atoms with Crippen LogP contribution < -0.4 is 43.5 Å². The smallest absolute Gasteiger partial charge is 0.338 e. The molecule has 1 amide bonds. The number of likely N-dealkylation sites (N-methyl/N-ethyl adjacent to an activating group) is 1. The van der Waals surface area contributed by atoms with Gasteiger partial charge in [0.2, 0.25) is 12.5 Å². The minimum absolute atomic E-state index is 0. The zero-order chi connectivity index (χ0) is 22.2. The Bertz CT molecular complexity index is 1020. The number of rotatable bonds is 5. The van der Waals surface area contributed by atoms with Gasteiger partial charge in [0.05, 0.1) is 45.5 Å². The number of ether oxygens (including phenoxy) is 4. The number of fused-ring (bicyclic) bond motifs is 2. The summed E-state index contributed by atoms with van der Waals surface area (Å²) in [5.74, 6) is 1.19. The molecule has 0 saturated carbocycles. The summed E-state index contributed by atoms with van der Waals surface area (Å²) >= 11 is 0. The van der Waals surface area contributed by atoms with Crippen LogP contribution in [0.25, 0.3) is 0 Å². The molecule has 2 aliphatic rings. The molecule has 8 nitrogen and oxygen atoms in total. The van der Waals surface area contributed by atoms with E-state index in [0.717, 1.165) is 24.1 Å². The van der Waals surface area contributed by atoms with Crippen LogP contribution in [0.2, 0.25) is 0 Å². The van der Waals surface area contributed by atoms with Gasteiger partial charge in [-0.3, -0.25) is 4.79 Å². The molecule has 0 bridgehead atoms. The molecule has 1 N–H and O–H groups in total. The molecule has 2 aliphatic heterocycles. The monoisotopic (exact) mass is 554 g/mol. The van der Waals surface area contributed by atoms with Crippen molar-refractivity contribution < 1.29 is 57.0 Å². The van der Waals surface area contributed by atoms with Gasteiger partial charge in [-0.1, -0.05) is 0 Å². The number of quaternary nitrogens is 1. The first-order valence-corrected chi connectivity index (χ1v) is 10.3. The Morgan fingerprint density at radius 2 is 1.91 bits per heavy atom. The molecule has 2 heterocycles. The van der Waals surface area contributed by atoms with Crippen molar-refractivity contribution >= 4 is 17.6 Å². The highest BCUT2D eigenvalue weighted by Crippen LogP contribution is 2.50. The fourth-order valence-electron chi connectivity index (χ4n) is 4.24. The summed E-state index contributed by atoms with van der Waals surface area (Å²) in [6.45, 7) is 2.99. The molecule has 0 aliphatic carbocycles. The van der Waals surface area contributed by atoms with Crippen molar-refractivity contribution in [3.05, 3.63) is 47.0 Å². The second-order valence-corrected chi connectivity index (χ2v) is 8.16. The van der Waals surface area contributed by atoms with Crippen LogP contribution in [0.5, 0.6) is 17.2 Å². The molecular formula is C23H27IN2O6. The van der Waals surface area contributed by atoms with E-state index in [2.05, 4.69) is 5.32 Å². The second kappa shape index (κ2) is 9.53.